The molecular formula is C29H43NO10. The zero-order valence-corrected chi connectivity index (χ0v) is 24.1. The third-order valence-corrected chi connectivity index (χ3v) is 7.09. The Kier molecular flexibility index (Phi) is 13.2. The molecule has 1 aromatic carbocycles. The summed E-state index contributed by atoms with van der Waals surface area (Å²) in [6.07, 6.45) is 2.32. The third-order valence-electron chi connectivity index (χ3n) is 7.09. The van der Waals surface area contributed by atoms with E-state index in [2.05, 4.69) is 0 Å². The van der Waals surface area contributed by atoms with Crippen molar-refractivity contribution in [3.8, 4) is 11.5 Å². The largest absolute Gasteiger partial charge is 0.514 e. The Bertz CT molecular complexity index is 1010. The molecule has 40 heavy (non-hydrogen) atoms. The van der Waals surface area contributed by atoms with Gasteiger partial charge in [-0.05, 0) is 70.6 Å². The molecule has 0 spiro atoms. The summed E-state index contributed by atoms with van der Waals surface area (Å²) in [5, 5.41) is 9.71. The molecule has 11 nitrogen and oxygen atoms in total. The zero-order valence-electron chi connectivity index (χ0n) is 24.1. The Hall–Kier alpha value is -3.34. The van der Waals surface area contributed by atoms with Crippen LogP contribution in [0.2, 0.25) is 0 Å². The molecule has 5 atom stereocenters. The van der Waals surface area contributed by atoms with Crippen LogP contribution in [0, 0.1) is 5.92 Å². The maximum Gasteiger partial charge on any atom is 0.514 e. The fourth-order valence-corrected chi connectivity index (χ4v) is 4.34. The number of nitrogens with two attached hydrogens (primary N) is 1. The van der Waals surface area contributed by atoms with Crippen LogP contribution in [0.5, 0.6) is 11.5 Å². The maximum atomic E-state index is 12.7. The zero-order chi connectivity index (χ0) is 29.8. The highest BCUT2D eigenvalue weighted by molar-refractivity contribution is 5.75. The highest BCUT2D eigenvalue weighted by Gasteiger charge is 2.32. The van der Waals surface area contributed by atoms with E-state index in [1.54, 1.807) is 20.8 Å². The molecule has 224 valence electrons. The number of hydrogen-bond donors (Lipinski definition) is 2. The number of ether oxygens (including phenoxy) is 5. The van der Waals surface area contributed by atoms with Gasteiger partial charge in [0, 0.05) is 5.92 Å². The topological polar surface area (TPSA) is 161 Å². The Balaban J connectivity index is 2.33. The Labute approximate surface area is 235 Å². The smallest absolute Gasteiger partial charge is 0.480 e. The van der Waals surface area contributed by atoms with Gasteiger partial charge in [0.05, 0.1) is 12.0 Å². The van der Waals surface area contributed by atoms with Crippen molar-refractivity contribution in [2.75, 3.05) is 0 Å². The van der Waals surface area contributed by atoms with E-state index in [1.165, 1.54) is 18.2 Å². The number of carboxylic acids is 1. The molecule has 2 rings (SSSR count). The van der Waals surface area contributed by atoms with Crippen molar-refractivity contribution >= 4 is 24.2 Å². The van der Waals surface area contributed by atoms with Gasteiger partial charge in [-0.3, -0.25) is 9.59 Å². The average molecular weight is 566 g/mol. The monoisotopic (exact) mass is 565 g/mol. The Morgan fingerprint density at radius 3 is 1.93 bits per heavy atom. The number of esters is 1. The lowest BCUT2D eigenvalue weighted by Gasteiger charge is -2.27. The first-order valence-electron chi connectivity index (χ1n) is 14.0. The second-order valence-electron chi connectivity index (χ2n) is 10.4. The summed E-state index contributed by atoms with van der Waals surface area (Å²) in [4.78, 5) is 49.3. The SMILES string of the molecule is CCC(C)OC(=O)Oc1ccc(C(CC(C)OC(=O)C2CCCCC2)[C@H](N)C(=O)O)cc1OC(=O)OC(C)CC. The normalized spacial score (nSPS) is 17.4. The summed E-state index contributed by atoms with van der Waals surface area (Å²) in [5.74, 6) is -2.85. The van der Waals surface area contributed by atoms with Crippen molar-refractivity contribution in [3.05, 3.63) is 23.8 Å². The number of rotatable bonds is 13. The van der Waals surface area contributed by atoms with E-state index in [-0.39, 0.29) is 29.8 Å². The van der Waals surface area contributed by atoms with Crippen LogP contribution in [0.3, 0.4) is 0 Å². The molecular weight excluding hydrogens is 522 g/mol. The molecule has 0 saturated heterocycles. The maximum absolute atomic E-state index is 12.7. The molecule has 0 bridgehead atoms. The summed E-state index contributed by atoms with van der Waals surface area (Å²) in [7, 11) is 0. The molecule has 0 radical (unpaired) electrons. The summed E-state index contributed by atoms with van der Waals surface area (Å²) >= 11 is 0. The minimum Gasteiger partial charge on any atom is -0.480 e. The molecule has 1 aliphatic rings. The van der Waals surface area contributed by atoms with Crippen molar-refractivity contribution in [3.63, 3.8) is 0 Å². The molecule has 0 aromatic heterocycles. The Morgan fingerprint density at radius 1 is 0.850 bits per heavy atom. The molecule has 1 fully saturated rings. The highest BCUT2D eigenvalue weighted by Crippen LogP contribution is 2.35. The molecule has 0 heterocycles. The van der Waals surface area contributed by atoms with Crippen molar-refractivity contribution in [2.45, 2.75) is 116 Å². The lowest BCUT2D eigenvalue weighted by atomic mass is 9.86. The predicted molar refractivity (Wildman–Crippen MR) is 145 cm³/mol. The van der Waals surface area contributed by atoms with E-state index in [4.69, 9.17) is 29.4 Å². The lowest BCUT2D eigenvalue weighted by molar-refractivity contribution is -0.155. The van der Waals surface area contributed by atoms with E-state index >= 15 is 0 Å². The van der Waals surface area contributed by atoms with Crippen molar-refractivity contribution in [1.82, 2.24) is 0 Å². The van der Waals surface area contributed by atoms with Crippen LogP contribution in [-0.2, 0) is 23.8 Å². The van der Waals surface area contributed by atoms with Gasteiger partial charge in [0.2, 0.25) is 0 Å². The number of benzene rings is 1. The van der Waals surface area contributed by atoms with Gasteiger partial charge in [-0.15, -0.1) is 0 Å². The van der Waals surface area contributed by atoms with Gasteiger partial charge >= 0.3 is 24.2 Å². The van der Waals surface area contributed by atoms with E-state index in [9.17, 15) is 24.3 Å². The number of carbonyl (C=O) groups excluding carboxylic acids is 3. The van der Waals surface area contributed by atoms with Crippen LogP contribution >= 0.6 is 0 Å². The average Bonchev–Trinajstić information content (AvgIpc) is 2.92. The van der Waals surface area contributed by atoms with Crippen molar-refractivity contribution in [1.29, 1.82) is 0 Å². The van der Waals surface area contributed by atoms with E-state index in [1.807, 2.05) is 13.8 Å². The van der Waals surface area contributed by atoms with Gasteiger partial charge in [-0.25, -0.2) is 9.59 Å². The van der Waals surface area contributed by atoms with Crippen LogP contribution in [0.1, 0.15) is 97.5 Å². The third kappa shape index (κ3) is 10.3. The number of aliphatic carboxylic acids is 1. The molecule has 1 aromatic rings. The van der Waals surface area contributed by atoms with Crippen molar-refractivity contribution < 1.29 is 48.0 Å². The van der Waals surface area contributed by atoms with Crippen LogP contribution in [-0.4, -0.2) is 53.7 Å². The predicted octanol–water partition coefficient (Wildman–Crippen LogP) is 5.71. The van der Waals surface area contributed by atoms with Gasteiger partial charge in [0.15, 0.2) is 11.5 Å². The minimum atomic E-state index is -1.36. The van der Waals surface area contributed by atoms with Gasteiger partial charge in [-0.2, -0.15) is 0 Å². The molecule has 4 unspecified atom stereocenters. The first kappa shape index (κ1) is 32.9. The molecule has 1 saturated carbocycles. The summed E-state index contributed by atoms with van der Waals surface area (Å²) in [6, 6.07) is 2.88. The first-order valence-corrected chi connectivity index (χ1v) is 14.0. The second-order valence-corrected chi connectivity index (χ2v) is 10.4. The quantitative estimate of drug-likeness (QED) is 0.171. The number of carbonyl (C=O) groups is 4. The van der Waals surface area contributed by atoms with Crippen LogP contribution in [0.25, 0.3) is 0 Å². The van der Waals surface area contributed by atoms with Gasteiger partial charge in [0.1, 0.15) is 18.2 Å². The lowest BCUT2D eigenvalue weighted by Crippen LogP contribution is -2.38. The molecule has 1 aliphatic carbocycles. The number of hydrogen-bond acceptors (Lipinski definition) is 10. The molecule has 0 amide bonds. The van der Waals surface area contributed by atoms with E-state index in [0.717, 1.165) is 32.1 Å². The fourth-order valence-electron chi connectivity index (χ4n) is 4.34. The molecule has 11 heteroatoms. The molecule has 3 N–H and O–H groups in total. The minimum absolute atomic E-state index is 0.0962. The first-order chi connectivity index (χ1) is 18.9. The highest BCUT2D eigenvalue weighted by atomic mass is 16.7. The van der Waals surface area contributed by atoms with Gasteiger partial charge in [-0.1, -0.05) is 39.2 Å². The van der Waals surface area contributed by atoms with Crippen molar-refractivity contribution in [2.24, 2.45) is 11.7 Å². The standard InChI is InChI=1S/C29H43NO10/c1-6-17(3)37-28(34)39-23-14-13-21(16-24(23)40-29(35)38-18(4)7-2)22(25(30)26(31)32)15-19(5)36-27(33)20-11-9-8-10-12-20/h13-14,16-20,22,25H,6-12,15,30H2,1-5H3,(H,31,32)/t17?,18?,19?,22?,25-/m0/s1. The Morgan fingerprint density at radius 2 is 1.40 bits per heavy atom. The fraction of sp³-hybridized carbons (Fsp3) is 0.655. The van der Waals surface area contributed by atoms with Crippen LogP contribution < -0.4 is 15.2 Å². The van der Waals surface area contributed by atoms with Crippen LogP contribution in [0.4, 0.5) is 9.59 Å². The van der Waals surface area contributed by atoms with Crippen LogP contribution in [0.15, 0.2) is 18.2 Å². The number of carboxylic acid groups (broad SMARTS) is 1. The van der Waals surface area contributed by atoms with Gasteiger partial charge in [0.25, 0.3) is 0 Å². The molecule has 0 aliphatic heterocycles. The van der Waals surface area contributed by atoms with E-state index < -0.39 is 48.6 Å². The second kappa shape index (κ2) is 16.1. The summed E-state index contributed by atoms with van der Waals surface area (Å²) in [5.41, 5.74) is 6.44. The summed E-state index contributed by atoms with van der Waals surface area (Å²) < 4.78 is 26.7. The van der Waals surface area contributed by atoms with Gasteiger partial charge < -0.3 is 34.5 Å². The van der Waals surface area contributed by atoms with E-state index in [0.29, 0.717) is 18.4 Å². The summed E-state index contributed by atoms with van der Waals surface area (Å²) in [6.45, 7) is 8.75.